The van der Waals surface area contributed by atoms with E-state index in [1.54, 1.807) is 12.1 Å². The summed E-state index contributed by atoms with van der Waals surface area (Å²) in [4.78, 5) is 23.7. The zero-order chi connectivity index (χ0) is 19.5. The molecule has 0 heterocycles. The molecule has 0 amide bonds. The Labute approximate surface area is 150 Å². The van der Waals surface area contributed by atoms with Crippen LogP contribution in [0.5, 0.6) is 5.75 Å². The predicted molar refractivity (Wildman–Crippen MR) is 95.2 cm³/mol. The first-order valence-corrected chi connectivity index (χ1v) is 8.06. The van der Waals surface area contributed by atoms with Gasteiger partial charge in [0.15, 0.2) is 5.78 Å². The van der Waals surface area contributed by atoms with Crippen LogP contribution in [-0.2, 0) is 16.0 Å². The van der Waals surface area contributed by atoms with Crippen LogP contribution in [-0.4, -0.2) is 50.8 Å². The van der Waals surface area contributed by atoms with Crippen LogP contribution in [0.3, 0.4) is 0 Å². The molecule has 9 N–H and O–H groups in total. The molecule has 0 aliphatic heterocycles. The van der Waals surface area contributed by atoms with Crippen molar-refractivity contribution in [3.8, 4) is 5.75 Å². The third-order valence-corrected chi connectivity index (χ3v) is 4.33. The first-order valence-electron chi connectivity index (χ1n) is 8.06. The molecule has 8 nitrogen and oxygen atoms in total. The predicted octanol–water partition coefficient (Wildman–Crippen LogP) is -0.812. The third kappa shape index (κ3) is 4.36. The Morgan fingerprint density at radius 2 is 1.73 bits per heavy atom. The number of rotatable bonds is 7. The molecule has 1 aromatic rings. The fourth-order valence-corrected chi connectivity index (χ4v) is 2.80. The van der Waals surface area contributed by atoms with Gasteiger partial charge >= 0.3 is 5.97 Å². The van der Waals surface area contributed by atoms with Crippen molar-refractivity contribution in [2.24, 2.45) is 17.2 Å². The molecular weight excluding hydrogens is 338 g/mol. The molecule has 26 heavy (non-hydrogen) atoms. The Morgan fingerprint density at radius 1 is 1.12 bits per heavy atom. The summed E-state index contributed by atoms with van der Waals surface area (Å²) in [5.41, 5.74) is 17.0. The van der Waals surface area contributed by atoms with Gasteiger partial charge in [0.2, 0.25) is 0 Å². The number of carboxylic acid groups (broad SMARTS) is 1. The minimum Gasteiger partial charge on any atom is -0.508 e. The van der Waals surface area contributed by atoms with Crippen LogP contribution in [0.15, 0.2) is 48.1 Å². The summed E-state index contributed by atoms with van der Waals surface area (Å²) in [7, 11) is 0. The van der Waals surface area contributed by atoms with E-state index in [0.717, 1.165) is 5.56 Å². The molecule has 1 aromatic carbocycles. The van der Waals surface area contributed by atoms with Crippen molar-refractivity contribution in [1.82, 2.24) is 0 Å². The van der Waals surface area contributed by atoms with Crippen molar-refractivity contribution >= 4 is 11.8 Å². The molecule has 0 saturated heterocycles. The highest BCUT2D eigenvalue weighted by molar-refractivity contribution is 5.96. The standard InChI is InChI=1S/C18H23N3O5/c19-13(7-10-1-4-12(22)5-2-10)16(24)18(21)9-11(3-6-15(18)23)8-14(20)17(25)26/h1-6,9,13-15,22-23H,7-8,19-21H2,(H,25,26)/t13-,14-,15?,18?/m0/s1. The summed E-state index contributed by atoms with van der Waals surface area (Å²) < 4.78 is 0. The summed E-state index contributed by atoms with van der Waals surface area (Å²) >= 11 is 0. The number of aliphatic carboxylic acids is 1. The zero-order valence-electron chi connectivity index (χ0n) is 14.1. The van der Waals surface area contributed by atoms with Crippen LogP contribution in [0, 0.1) is 0 Å². The second-order valence-electron chi connectivity index (χ2n) is 6.45. The number of aliphatic hydroxyl groups excluding tert-OH is 1. The van der Waals surface area contributed by atoms with Gasteiger partial charge in [0.25, 0.3) is 0 Å². The number of hydrogen-bond acceptors (Lipinski definition) is 7. The molecule has 0 spiro atoms. The summed E-state index contributed by atoms with van der Waals surface area (Å²) in [5.74, 6) is -1.66. The van der Waals surface area contributed by atoms with Gasteiger partial charge in [0.1, 0.15) is 23.4 Å². The molecule has 2 rings (SSSR count). The van der Waals surface area contributed by atoms with Gasteiger partial charge in [0, 0.05) is 0 Å². The monoisotopic (exact) mass is 361 g/mol. The van der Waals surface area contributed by atoms with Gasteiger partial charge in [-0.1, -0.05) is 30.4 Å². The van der Waals surface area contributed by atoms with Gasteiger partial charge < -0.3 is 32.5 Å². The minimum absolute atomic E-state index is 0.0298. The number of allylic oxidation sites excluding steroid dienone is 1. The van der Waals surface area contributed by atoms with Gasteiger partial charge in [-0.05, 0) is 36.1 Å². The lowest BCUT2D eigenvalue weighted by atomic mass is 9.78. The number of carboxylic acids is 1. The lowest BCUT2D eigenvalue weighted by Gasteiger charge is -2.34. The van der Waals surface area contributed by atoms with Crippen LogP contribution in [0.1, 0.15) is 12.0 Å². The van der Waals surface area contributed by atoms with Crippen molar-refractivity contribution in [2.75, 3.05) is 0 Å². The molecule has 1 aliphatic carbocycles. The number of hydrogen-bond donors (Lipinski definition) is 6. The highest BCUT2D eigenvalue weighted by Gasteiger charge is 2.42. The fraction of sp³-hybridized carbons (Fsp3) is 0.333. The first kappa shape index (κ1) is 19.8. The second kappa shape index (κ2) is 7.79. The van der Waals surface area contributed by atoms with Gasteiger partial charge in [-0.25, -0.2) is 0 Å². The Bertz CT molecular complexity index is 744. The molecule has 0 saturated carbocycles. The quantitative estimate of drug-likeness (QED) is 0.365. The summed E-state index contributed by atoms with van der Waals surface area (Å²) in [6.45, 7) is 0. The Morgan fingerprint density at radius 3 is 2.31 bits per heavy atom. The summed E-state index contributed by atoms with van der Waals surface area (Å²) in [6.07, 6.45) is 3.02. The van der Waals surface area contributed by atoms with E-state index in [1.807, 2.05) is 0 Å². The minimum atomic E-state index is -1.77. The van der Waals surface area contributed by atoms with Crippen molar-refractivity contribution in [2.45, 2.75) is 36.6 Å². The molecule has 140 valence electrons. The van der Waals surface area contributed by atoms with Crippen molar-refractivity contribution < 1.29 is 24.9 Å². The molecule has 4 atom stereocenters. The van der Waals surface area contributed by atoms with E-state index in [0.29, 0.717) is 5.57 Å². The molecule has 8 heteroatoms. The summed E-state index contributed by atoms with van der Waals surface area (Å²) in [5, 5.41) is 28.4. The Hall–Kier alpha value is -2.52. The topological polar surface area (TPSA) is 173 Å². The molecule has 0 bridgehead atoms. The van der Waals surface area contributed by atoms with E-state index in [4.69, 9.17) is 22.3 Å². The number of aromatic hydroxyl groups is 1. The number of nitrogens with two attached hydrogens (primary N) is 3. The maximum atomic E-state index is 12.8. The van der Waals surface area contributed by atoms with Gasteiger partial charge in [-0.3, -0.25) is 9.59 Å². The van der Waals surface area contributed by atoms with E-state index < -0.39 is 35.5 Å². The second-order valence-corrected chi connectivity index (χ2v) is 6.45. The van der Waals surface area contributed by atoms with Gasteiger partial charge in [0.05, 0.1) is 6.04 Å². The van der Waals surface area contributed by atoms with Crippen molar-refractivity contribution in [3.05, 3.63) is 53.6 Å². The maximum Gasteiger partial charge on any atom is 0.320 e. The average Bonchev–Trinajstić information content (AvgIpc) is 2.59. The van der Waals surface area contributed by atoms with Crippen molar-refractivity contribution in [1.29, 1.82) is 0 Å². The van der Waals surface area contributed by atoms with Crippen LogP contribution in [0.25, 0.3) is 0 Å². The summed E-state index contributed by atoms with van der Waals surface area (Å²) in [6, 6.07) is 4.09. The average molecular weight is 361 g/mol. The molecule has 2 unspecified atom stereocenters. The van der Waals surface area contributed by atoms with Crippen LogP contribution >= 0.6 is 0 Å². The molecule has 0 aromatic heterocycles. The lowest BCUT2D eigenvalue weighted by Crippen LogP contribution is -2.61. The van der Waals surface area contributed by atoms with Crippen LogP contribution in [0.4, 0.5) is 0 Å². The number of carbonyl (C=O) groups is 2. The van der Waals surface area contributed by atoms with Gasteiger partial charge in [-0.15, -0.1) is 0 Å². The largest absolute Gasteiger partial charge is 0.508 e. The van der Waals surface area contributed by atoms with E-state index in [-0.39, 0.29) is 18.6 Å². The first-order chi connectivity index (χ1) is 12.1. The van der Waals surface area contributed by atoms with Crippen LogP contribution in [0.2, 0.25) is 0 Å². The van der Waals surface area contributed by atoms with Crippen molar-refractivity contribution in [3.63, 3.8) is 0 Å². The zero-order valence-corrected chi connectivity index (χ0v) is 14.1. The molecule has 1 aliphatic rings. The highest BCUT2D eigenvalue weighted by Crippen LogP contribution is 2.25. The smallest absolute Gasteiger partial charge is 0.320 e. The number of phenols is 1. The number of benzene rings is 1. The number of ketones is 1. The third-order valence-electron chi connectivity index (χ3n) is 4.33. The Balaban J connectivity index is 2.18. The van der Waals surface area contributed by atoms with Crippen LogP contribution < -0.4 is 17.2 Å². The number of carbonyl (C=O) groups excluding carboxylic acids is 1. The van der Waals surface area contributed by atoms with E-state index >= 15 is 0 Å². The molecule has 0 fully saturated rings. The maximum absolute atomic E-state index is 12.8. The number of Topliss-reactive ketones (excluding diaryl/α,β-unsaturated/α-hetero) is 1. The molecule has 0 radical (unpaired) electrons. The molecular formula is C18H23N3O5. The van der Waals surface area contributed by atoms with E-state index in [1.165, 1.54) is 30.4 Å². The number of phenolic OH excluding ortho intramolecular Hbond substituents is 1. The lowest BCUT2D eigenvalue weighted by molar-refractivity contribution is -0.138. The fourth-order valence-electron chi connectivity index (χ4n) is 2.80. The Kier molecular flexibility index (Phi) is 5.94. The van der Waals surface area contributed by atoms with E-state index in [9.17, 15) is 19.8 Å². The highest BCUT2D eigenvalue weighted by atomic mass is 16.4. The number of aliphatic hydroxyl groups is 1. The normalized spacial score (nSPS) is 24.6. The van der Waals surface area contributed by atoms with Gasteiger partial charge in [-0.2, -0.15) is 0 Å². The SMILES string of the molecule is N[C@@H](CC1=CC(N)(C(=O)[C@@H](N)Cc2ccc(O)cc2)C(O)C=C1)C(=O)O. The van der Waals surface area contributed by atoms with E-state index in [2.05, 4.69) is 0 Å².